The summed E-state index contributed by atoms with van der Waals surface area (Å²) in [5, 5.41) is 10.1. The van der Waals surface area contributed by atoms with Gasteiger partial charge in [0.1, 0.15) is 0 Å². The maximum Gasteiger partial charge on any atom is 0.306 e. The van der Waals surface area contributed by atoms with Gasteiger partial charge in [0.05, 0.1) is 5.92 Å². The Morgan fingerprint density at radius 2 is 2.25 bits per heavy atom. The fourth-order valence-electron chi connectivity index (χ4n) is 1.75. The third-order valence-corrected chi connectivity index (χ3v) is 3.88. The predicted octanol–water partition coefficient (Wildman–Crippen LogP) is 3.47. The van der Waals surface area contributed by atoms with Crippen LogP contribution >= 0.6 is 11.3 Å². The third-order valence-electron chi connectivity index (χ3n) is 2.76. The normalized spacial score (nSPS) is 12.9. The van der Waals surface area contributed by atoms with Gasteiger partial charge in [-0.1, -0.05) is 19.1 Å². The molecule has 0 aliphatic rings. The van der Waals surface area contributed by atoms with Crippen molar-refractivity contribution >= 4 is 27.4 Å². The molecule has 1 N–H and O–H groups in total. The number of carboxylic acids is 1. The molecule has 2 rings (SSSR count). The summed E-state index contributed by atoms with van der Waals surface area (Å²) < 4.78 is 1.24. The lowest BCUT2D eigenvalue weighted by atomic mass is 10.1. The topological polar surface area (TPSA) is 37.3 Å². The lowest BCUT2D eigenvalue weighted by Crippen LogP contribution is -2.11. The van der Waals surface area contributed by atoms with Crippen LogP contribution in [0.2, 0.25) is 0 Å². The number of carbonyl (C=O) groups is 1. The first-order valence-electron chi connectivity index (χ1n) is 5.29. The number of rotatable bonds is 3. The van der Waals surface area contributed by atoms with Gasteiger partial charge in [-0.3, -0.25) is 4.79 Å². The van der Waals surface area contributed by atoms with E-state index < -0.39 is 5.97 Å². The molecular formula is C13H14O2S. The molecule has 84 valence electrons. The molecule has 1 heterocycles. The van der Waals surface area contributed by atoms with Crippen molar-refractivity contribution in [3.05, 3.63) is 34.7 Å². The minimum Gasteiger partial charge on any atom is -0.481 e. The summed E-state index contributed by atoms with van der Waals surface area (Å²) in [7, 11) is 0. The van der Waals surface area contributed by atoms with Crippen LogP contribution in [0, 0.1) is 12.8 Å². The van der Waals surface area contributed by atoms with Gasteiger partial charge in [0.2, 0.25) is 0 Å². The molecule has 2 aromatic rings. The van der Waals surface area contributed by atoms with Gasteiger partial charge in [0.15, 0.2) is 0 Å². The molecule has 1 aromatic heterocycles. The summed E-state index contributed by atoms with van der Waals surface area (Å²) in [6, 6.07) is 8.33. The Morgan fingerprint density at radius 3 is 2.88 bits per heavy atom. The van der Waals surface area contributed by atoms with E-state index in [-0.39, 0.29) is 5.92 Å². The molecular weight excluding hydrogens is 220 g/mol. The highest BCUT2D eigenvalue weighted by Crippen LogP contribution is 2.29. The van der Waals surface area contributed by atoms with Crippen molar-refractivity contribution < 1.29 is 9.90 Å². The first kappa shape index (κ1) is 11.1. The fraction of sp³-hybridized carbons (Fsp3) is 0.308. The van der Waals surface area contributed by atoms with E-state index >= 15 is 0 Å². The van der Waals surface area contributed by atoms with Crippen LogP contribution in [-0.4, -0.2) is 11.1 Å². The van der Waals surface area contributed by atoms with Crippen molar-refractivity contribution in [3.8, 4) is 0 Å². The summed E-state index contributed by atoms with van der Waals surface area (Å²) in [6.07, 6.45) is 0.619. The standard InChI is InChI=1S/C13H14O2S/c1-8-4-3-5-12-11(8)7-10(16-12)6-9(2)13(14)15/h3-5,7,9H,6H2,1-2H3,(H,14,15). The molecule has 0 aliphatic heterocycles. The van der Waals surface area contributed by atoms with Crippen molar-refractivity contribution in [2.75, 3.05) is 0 Å². The van der Waals surface area contributed by atoms with Crippen LogP contribution in [0.4, 0.5) is 0 Å². The second-order valence-corrected chi connectivity index (χ2v) is 5.31. The molecule has 0 bridgehead atoms. The van der Waals surface area contributed by atoms with E-state index in [1.54, 1.807) is 18.3 Å². The van der Waals surface area contributed by atoms with E-state index in [0.29, 0.717) is 6.42 Å². The Labute approximate surface area is 98.5 Å². The predicted molar refractivity (Wildman–Crippen MR) is 67.1 cm³/mol. The van der Waals surface area contributed by atoms with Gasteiger partial charge in [-0.15, -0.1) is 11.3 Å². The molecule has 0 saturated carbocycles. The van der Waals surface area contributed by atoms with Crippen molar-refractivity contribution in [1.82, 2.24) is 0 Å². The van der Waals surface area contributed by atoms with Crippen LogP contribution in [-0.2, 0) is 11.2 Å². The molecule has 1 aromatic carbocycles. The number of hydrogen-bond acceptors (Lipinski definition) is 2. The van der Waals surface area contributed by atoms with Gasteiger partial charge >= 0.3 is 5.97 Å². The van der Waals surface area contributed by atoms with Crippen LogP contribution in [0.5, 0.6) is 0 Å². The van der Waals surface area contributed by atoms with Crippen molar-refractivity contribution in [2.24, 2.45) is 5.92 Å². The van der Waals surface area contributed by atoms with E-state index in [9.17, 15) is 4.79 Å². The van der Waals surface area contributed by atoms with Gasteiger partial charge < -0.3 is 5.11 Å². The van der Waals surface area contributed by atoms with E-state index in [0.717, 1.165) is 4.88 Å². The maximum atomic E-state index is 10.8. The Balaban J connectivity index is 2.33. The maximum absolute atomic E-state index is 10.8. The second kappa shape index (κ2) is 4.26. The largest absolute Gasteiger partial charge is 0.481 e. The van der Waals surface area contributed by atoms with Crippen molar-refractivity contribution in [1.29, 1.82) is 0 Å². The van der Waals surface area contributed by atoms with E-state index in [1.165, 1.54) is 15.6 Å². The van der Waals surface area contributed by atoms with Gasteiger partial charge in [-0.25, -0.2) is 0 Å². The number of aryl methyl sites for hydroxylation is 1. The number of aliphatic carboxylic acids is 1. The Hall–Kier alpha value is -1.35. The smallest absolute Gasteiger partial charge is 0.306 e. The fourth-order valence-corrected chi connectivity index (χ4v) is 3.02. The van der Waals surface area contributed by atoms with Crippen LogP contribution in [0.1, 0.15) is 17.4 Å². The summed E-state index contributed by atoms with van der Waals surface area (Å²) >= 11 is 1.69. The average Bonchev–Trinajstić information content (AvgIpc) is 2.61. The first-order chi connectivity index (χ1) is 7.58. The Morgan fingerprint density at radius 1 is 1.50 bits per heavy atom. The minimum absolute atomic E-state index is 0.312. The molecule has 0 radical (unpaired) electrons. The number of thiophene rings is 1. The van der Waals surface area contributed by atoms with Gasteiger partial charge in [0.25, 0.3) is 0 Å². The molecule has 3 heteroatoms. The molecule has 1 atom stereocenters. The number of carboxylic acid groups (broad SMARTS) is 1. The zero-order valence-electron chi connectivity index (χ0n) is 9.36. The third kappa shape index (κ3) is 2.09. The molecule has 0 fully saturated rings. The number of benzene rings is 1. The van der Waals surface area contributed by atoms with Crippen molar-refractivity contribution in [3.63, 3.8) is 0 Å². The summed E-state index contributed by atoms with van der Waals surface area (Å²) in [5.41, 5.74) is 1.25. The summed E-state index contributed by atoms with van der Waals surface area (Å²) in [5.74, 6) is -1.04. The quantitative estimate of drug-likeness (QED) is 0.882. The summed E-state index contributed by atoms with van der Waals surface area (Å²) in [4.78, 5) is 11.9. The van der Waals surface area contributed by atoms with Gasteiger partial charge in [-0.2, -0.15) is 0 Å². The lowest BCUT2D eigenvalue weighted by molar-refractivity contribution is -0.141. The SMILES string of the molecule is Cc1cccc2sc(CC(C)C(=O)O)cc12. The summed E-state index contributed by atoms with van der Waals surface area (Å²) in [6.45, 7) is 3.83. The molecule has 1 unspecified atom stereocenters. The molecule has 2 nitrogen and oxygen atoms in total. The van der Waals surface area contributed by atoms with Crippen LogP contribution in [0.3, 0.4) is 0 Å². The molecule has 0 aliphatic carbocycles. The number of hydrogen-bond donors (Lipinski definition) is 1. The highest BCUT2D eigenvalue weighted by Gasteiger charge is 2.13. The van der Waals surface area contributed by atoms with E-state index in [1.807, 2.05) is 6.07 Å². The highest BCUT2D eigenvalue weighted by atomic mass is 32.1. The number of fused-ring (bicyclic) bond motifs is 1. The highest BCUT2D eigenvalue weighted by molar-refractivity contribution is 7.19. The van der Waals surface area contributed by atoms with Crippen LogP contribution in [0.25, 0.3) is 10.1 Å². The van der Waals surface area contributed by atoms with E-state index in [2.05, 4.69) is 25.1 Å². The molecule has 0 saturated heterocycles. The van der Waals surface area contributed by atoms with Gasteiger partial charge in [0, 0.05) is 9.58 Å². The monoisotopic (exact) mass is 234 g/mol. The van der Waals surface area contributed by atoms with Crippen LogP contribution < -0.4 is 0 Å². The Kier molecular flexibility index (Phi) is 2.97. The minimum atomic E-state index is -0.728. The van der Waals surface area contributed by atoms with Crippen molar-refractivity contribution in [2.45, 2.75) is 20.3 Å². The zero-order valence-corrected chi connectivity index (χ0v) is 10.2. The van der Waals surface area contributed by atoms with Crippen LogP contribution in [0.15, 0.2) is 24.3 Å². The van der Waals surface area contributed by atoms with Gasteiger partial charge in [-0.05, 0) is 36.4 Å². The Bertz CT molecular complexity index is 528. The van der Waals surface area contributed by atoms with E-state index in [4.69, 9.17) is 5.11 Å². The molecule has 0 amide bonds. The molecule has 16 heavy (non-hydrogen) atoms. The second-order valence-electron chi connectivity index (χ2n) is 4.14. The molecule has 0 spiro atoms. The lowest BCUT2D eigenvalue weighted by Gasteiger charge is -2.01. The zero-order chi connectivity index (χ0) is 11.7. The average molecular weight is 234 g/mol. The first-order valence-corrected chi connectivity index (χ1v) is 6.10.